The van der Waals surface area contributed by atoms with E-state index in [1.807, 2.05) is 0 Å². The molecule has 0 aliphatic heterocycles. The monoisotopic (exact) mass is 527 g/mol. The van der Waals surface area contributed by atoms with Crippen molar-refractivity contribution in [2.75, 3.05) is 10.5 Å². The van der Waals surface area contributed by atoms with Crippen LogP contribution in [0.5, 0.6) is 0 Å². The maximum atomic E-state index is 13.6. The summed E-state index contributed by atoms with van der Waals surface area (Å²) in [6, 6.07) is 9.90. The van der Waals surface area contributed by atoms with Gasteiger partial charge in [-0.1, -0.05) is 23.2 Å². The van der Waals surface area contributed by atoms with Crippen LogP contribution < -0.4 is 10.5 Å². The zero-order valence-corrected chi connectivity index (χ0v) is 19.2. The molecule has 0 unspecified atom stereocenters. The Morgan fingerprint density at radius 1 is 1.00 bits per heavy atom. The normalized spacial score (nSPS) is 11.7. The van der Waals surface area contributed by atoms with Gasteiger partial charge in [0.15, 0.2) is 5.16 Å². The molecule has 0 amide bonds. The summed E-state index contributed by atoms with van der Waals surface area (Å²) in [5.74, 6) is 0. The van der Waals surface area contributed by atoms with E-state index in [-0.39, 0.29) is 47.5 Å². The van der Waals surface area contributed by atoms with Gasteiger partial charge in [0.25, 0.3) is 10.0 Å². The average Bonchev–Trinajstić information content (AvgIpc) is 3.11. The van der Waals surface area contributed by atoms with Gasteiger partial charge in [0.05, 0.1) is 37.3 Å². The van der Waals surface area contributed by atoms with Gasteiger partial charge in [-0.05, 0) is 60.3 Å². The molecule has 4 rings (SSSR count). The summed E-state index contributed by atoms with van der Waals surface area (Å²) in [4.78, 5) is 8.10. The van der Waals surface area contributed by atoms with E-state index in [0.717, 1.165) is 28.2 Å². The molecule has 0 radical (unpaired) electrons. The molecule has 0 atom stereocenters. The molecule has 2 aromatic carbocycles. The van der Waals surface area contributed by atoms with Crippen LogP contribution in [0.2, 0.25) is 10.0 Å². The van der Waals surface area contributed by atoms with Crippen LogP contribution in [-0.4, -0.2) is 32.8 Å². The van der Waals surface area contributed by atoms with Gasteiger partial charge in [-0.3, -0.25) is 10.4 Å². The van der Waals surface area contributed by atoms with Gasteiger partial charge in [-0.15, -0.1) is 0 Å². The highest BCUT2D eigenvalue weighted by atomic mass is 35.5. The highest BCUT2D eigenvalue weighted by molar-refractivity contribution is 8.00. The van der Waals surface area contributed by atoms with Gasteiger partial charge >= 0.3 is 0 Å². The average molecular weight is 528 g/mol. The molecule has 4 aromatic rings. The topological polar surface area (TPSA) is 158 Å². The van der Waals surface area contributed by atoms with Crippen molar-refractivity contribution in [3.05, 3.63) is 75.2 Å². The van der Waals surface area contributed by atoms with E-state index in [9.17, 15) is 24.0 Å². The largest absolute Gasteiger partial charge is 0.733 e. The van der Waals surface area contributed by atoms with Crippen LogP contribution in [0.3, 0.4) is 0 Å². The summed E-state index contributed by atoms with van der Waals surface area (Å²) in [6.07, 6.45) is 1.35. The van der Waals surface area contributed by atoms with Gasteiger partial charge in [-0.2, -0.15) is 0 Å². The van der Waals surface area contributed by atoms with Gasteiger partial charge in [0.1, 0.15) is 5.03 Å². The van der Waals surface area contributed by atoms with E-state index >= 15 is 0 Å². The second-order valence-electron chi connectivity index (χ2n) is 6.39. The first-order chi connectivity index (χ1) is 15.6. The quantitative estimate of drug-likeness (QED) is 0.339. The van der Waals surface area contributed by atoms with Crippen molar-refractivity contribution in [3.63, 3.8) is 0 Å². The zero-order chi connectivity index (χ0) is 23.9. The third kappa shape index (κ3) is 4.45. The number of pyridine rings is 1. The highest BCUT2D eigenvalue weighted by Gasteiger charge is 2.27. The highest BCUT2D eigenvalue weighted by Crippen LogP contribution is 2.38. The second kappa shape index (κ2) is 8.96. The van der Waals surface area contributed by atoms with Crippen LogP contribution in [0.25, 0.3) is 11.0 Å². The molecule has 11 nitrogen and oxygen atoms in total. The number of fused-ring (bicyclic) bond motifs is 1. The minimum absolute atomic E-state index is 0.0171. The van der Waals surface area contributed by atoms with E-state index in [0.29, 0.717) is 11.8 Å². The van der Waals surface area contributed by atoms with Crippen molar-refractivity contribution in [2.45, 2.75) is 15.1 Å². The molecular formula is C18H11Cl2N5O6S2-2. The number of benzene rings is 2. The lowest BCUT2D eigenvalue weighted by molar-refractivity contribution is 0.294. The van der Waals surface area contributed by atoms with Gasteiger partial charge in [0.2, 0.25) is 0 Å². The van der Waals surface area contributed by atoms with Crippen LogP contribution in [0.4, 0.5) is 11.4 Å². The van der Waals surface area contributed by atoms with Gasteiger partial charge < -0.3 is 20.9 Å². The number of hydrogen-bond donors (Lipinski definition) is 2. The Balaban J connectivity index is 1.93. The van der Waals surface area contributed by atoms with E-state index in [2.05, 4.69) is 9.97 Å². The number of anilines is 2. The summed E-state index contributed by atoms with van der Waals surface area (Å²) >= 11 is 12.9. The second-order valence-corrected chi connectivity index (χ2v) is 9.95. The molecule has 0 fully saturated rings. The van der Waals surface area contributed by atoms with Gasteiger partial charge in [-0.25, -0.2) is 22.4 Å². The number of aromatic nitrogens is 3. The first-order valence-corrected chi connectivity index (χ1v) is 11.8. The minimum atomic E-state index is -4.33. The Labute approximate surface area is 200 Å². The summed E-state index contributed by atoms with van der Waals surface area (Å²) < 4.78 is 28.0. The Morgan fingerprint density at radius 3 is 2.30 bits per heavy atom. The Morgan fingerprint density at radius 2 is 1.67 bits per heavy atom. The molecule has 33 heavy (non-hydrogen) atoms. The number of imidazole rings is 1. The maximum absolute atomic E-state index is 13.6. The van der Waals surface area contributed by atoms with Crippen molar-refractivity contribution in [3.8, 4) is 0 Å². The molecular weight excluding hydrogens is 517 g/mol. The fraction of sp³-hybridized carbons (Fsp3) is 0. The molecule has 2 heterocycles. The molecule has 0 saturated carbocycles. The first-order valence-electron chi connectivity index (χ1n) is 8.78. The van der Waals surface area contributed by atoms with Gasteiger partial charge in [0, 0.05) is 6.20 Å². The third-order valence-electron chi connectivity index (χ3n) is 4.37. The lowest BCUT2D eigenvalue weighted by Gasteiger charge is -2.23. The maximum Gasteiger partial charge on any atom is 0.270 e. The van der Waals surface area contributed by atoms with Crippen molar-refractivity contribution in [1.82, 2.24) is 13.9 Å². The van der Waals surface area contributed by atoms with Crippen molar-refractivity contribution >= 4 is 67.4 Å². The molecule has 2 aromatic heterocycles. The summed E-state index contributed by atoms with van der Waals surface area (Å²) in [5.41, 5.74) is -0.124. The predicted octanol–water partition coefficient (Wildman–Crippen LogP) is 4.51. The SMILES string of the molecule is O=S(=O)(c1ccc(N([O-])O)cc1)n1c(Sc2ncccc2N([O-])O)nc2cc(Cl)c(Cl)cc21. The van der Waals surface area contributed by atoms with Crippen LogP contribution in [0.1, 0.15) is 0 Å². The van der Waals surface area contributed by atoms with Crippen LogP contribution in [-0.2, 0) is 10.0 Å². The molecule has 0 aliphatic carbocycles. The Hall–Kier alpha value is -2.62. The molecule has 0 aliphatic rings. The predicted molar refractivity (Wildman–Crippen MR) is 122 cm³/mol. The van der Waals surface area contributed by atoms with Crippen molar-refractivity contribution in [1.29, 1.82) is 0 Å². The number of halogens is 2. The van der Waals surface area contributed by atoms with E-state index in [4.69, 9.17) is 28.4 Å². The lowest BCUT2D eigenvalue weighted by atomic mass is 10.3. The molecule has 2 N–H and O–H groups in total. The molecule has 15 heteroatoms. The lowest BCUT2D eigenvalue weighted by Crippen LogP contribution is -2.15. The molecule has 0 saturated heterocycles. The summed E-state index contributed by atoms with van der Waals surface area (Å²) in [5, 5.41) is 40.2. The van der Waals surface area contributed by atoms with Crippen LogP contribution in [0, 0.1) is 10.4 Å². The molecule has 0 bridgehead atoms. The minimum Gasteiger partial charge on any atom is -0.733 e. The molecule has 0 spiro atoms. The number of hydrogen-bond acceptors (Lipinski definition) is 11. The smallest absolute Gasteiger partial charge is 0.270 e. The molecule has 172 valence electrons. The standard InChI is InChI=1S/C18H11Cl2N5O6S2/c19-12-8-14-16(9-13(12)20)23(33(30,31)11-5-3-10(4-6-11)24(26)27)18(22-14)32-17-15(25(28)29)2-1-7-21-17/h1-9,26,28H/q-2. The van der Waals surface area contributed by atoms with Crippen LogP contribution >= 0.6 is 35.0 Å². The summed E-state index contributed by atoms with van der Waals surface area (Å²) in [7, 11) is -4.33. The summed E-state index contributed by atoms with van der Waals surface area (Å²) in [6.45, 7) is 0. The number of nitrogens with zero attached hydrogens (tertiary/aromatic N) is 5. The van der Waals surface area contributed by atoms with E-state index < -0.39 is 20.5 Å². The zero-order valence-electron chi connectivity index (χ0n) is 16.0. The van der Waals surface area contributed by atoms with Crippen LogP contribution in [0.15, 0.2) is 69.8 Å². The third-order valence-corrected chi connectivity index (χ3v) is 7.89. The van der Waals surface area contributed by atoms with E-state index in [1.165, 1.54) is 30.5 Å². The fourth-order valence-electron chi connectivity index (χ4n) is 2.87. The van der Waals surface area contributed by atoms with E-state index in [1.54, 1.807) is 0 Å². The first kappa shape index (κ1) is 23.5. The number of rotatable bonds is 6. The van der Waals surface area contributed by atoms with Crippen molar-refractivity contribution in [2.24, 2.45) is 0 Å². The van der Waals surface area contributed by atoms with Crippen molar-refractivity contribution < 1.29 is 18.8 Å². The Bertz CT molecular complexity index is 1440. The Kier molecular flexibility index (Phi) is 6.39. The fourth-order valence-corrected chi connectivity index (χ4v) is 5.80.